The summed E-state index contributed by atoms with van der Waals surface area (Å²) >= 11 is 0. The first kappa shape index (κ1) is 24.3. The number of hydrogen-bond donors (Lipinski definition) is 3. The van der Waals surface area contributed by atoms with Crippen molar-refractivity contribution < 1.29 is 29.0 Å². The second kappa shape index (κ2) is 11.0. The van der Waals surface area contributed by atoms with E-state index in [1.54, 1.807) is 0 Å². The molecule has 0 radical (unpaired) electrons. The van der Waals surface area contributed by atoms with Gasteiger partial charge in [-0.15, -0.1) is 0 Å². The number of carbonyl (C=O) groups is 3. The Balaban J connectivity index is 1.64. The first-order valence-electron chi connectivity index (χ1n) is 10.9. The lowest BCUT2D eigenvalue weighted by atomic mass is 9.98. The lowest BCUT2D eigenvalue weighted by Gasteiger charge is -2.24. The summed E-state index contributed by atoms with van der Waals surface area (Å²) < 4.78 is 10.6. The van der Waals surface area contributed by atoms with Gasteiger partial charge in [0, 0.05) is 19.1 Å². The highest BCUT2D eigenvalue weighted by molar-refractivity contribution is 5.86. The Morgan fingerprint density at radius 3 is 2.06 bits per heavy atom. The van der Waals surface area contributed by atoms with Crippen molar-refractivity contribution in [2.75, 3.05) is 20.3 Å². The molecule has 1 unspecified atom stereocenters. The van der Waals surface area contributed by atoms with Crippen molar-refractivity contribution in [3.63, 3.8) is 0 Å². The van der Waals surface area contributed by atoms with Crippen LogP contribution < -0.4 is 10.6 Å². The third kappa shape index (κ3) is 5.90. The number of hydrogen-bond acceptors (Lipinski definition) is 5. The molecule has 0 saturated carbocycles. The fourth-order valence-corrected chi connectivity index (χ4v) is 4.06. The van der Waals surface area contributed by atoms with E-state index in [2.05, 4.69) is 22.8 Å². The molecule has 0 spiro atoms. The SMILES string of the molecule is COCC(NC(=O)OCC1c2ccccc2-c2ccccc21)C(=O)N[C@@H](CC(=O)O)C(C)C. The first-order chi connectivity index (χ1) is 15.8. The van der Waals surface area contributed by atoms with Crippen molar-refractivity contribution in [1.82, 2.24) is 10.6 Å². The molecule has 0 bridgehead atoms. The smallest absolute Gasteiger partial charge is 0.407 e. The van der Waals surface area contributed by atoms with Gasteiger partial charge in [0.1, 0.15) is 12.6 Å². The van der Waals surface area contributed by atoms with Gasteiger partial charge in [0.2, 0.25) is 5.91 Å². The molecule has 1 aliphatic carbocycles. The molecular weight excluding hydrogens is 424 g/mol. The molecule has 2 atom stereocenters. The van der Waals surface area contributed by atoms with E-state index in [9.17, 15) is 14.4 Å². The maximum absolute atomic E-state index is 12.7. The van der Waals surface area contributed by atoms with E-state index in [1.807, 2.05) is 50.2 Å². The zero-order valence-corrected chi connectivity index (χ0v) is 19.0. The summed E-state index contributed by atoms with van der Waals surface area (Å²) in [4.78, 5) is 36.3. The summed E-state index contributed by atoms with van der Waals surface area (Å²) in [5.74, 6) is -1.73. The van der Waals surface area contributed by atoms with Crippen LogP contribution in [-0.2, 0) is 19.1 Å². The standard InChI is InChI=1S/C25H30N2O6/c1-15(2)21(12-23(28)29)26-24(30)22(14-32-3)27-25(31)33-13-20-18-10-6-4-8-16(18)17-9-5-7-11-19(17)20/h4-11,15,20-22H,12-14H2,1-3H3,(H,26,30)(H,27,31)(H,28,29)/t21-,22?/m0/s1. The van der Waals surface area contributed by atoms with E-state index < -0.39 is 30.1 Å². The number of nitrogens with one attached hydrogen (secondary N) is 2. The number of amides is 2. The normalized spacial score (nSPS) is 14.2. The average molecular weight is 455 g/mol. The van der Waals surface area contributed by atoms with E-state index in [0.29, 0.717) is 0 Å². The van der Waals surface area contributed by atoms with Crippen molar-refractivity contribution >= 4 is 18.0 Å². The highest BCUT2D eigenvalue weighted by Gasteiger charge is 2.30. The second-order valence-electron chi connectivity index (χ2n) is 8.43. The minimum Gasteiger partial charge on any atom is -0.481 e. The van der Waals surface area contributed by atoms with E-state index in [-0.39, 0.29) is 31.5 Å². The highest BCUT2D eigenvalue weighted by atomic mass is 16.5. The zero-order valence-electron chi connectivity index (χ0n) is 19.0. The summed E-state index contributed by atoms with van der Waals surface area (Å²) in [6.45, 7) is 3.68. The molecule has 2 aromatic rings. The van der Waals surface area contributed by atoms with Gasteiger partial charge in [-0.25, -0.2) is 4.79 Å². The Labute approximate surface area is 193 Å². The summed E-state index contributed by atoms with van der Waals surface area (Å²) in [5, 5.41) is 14.3. The molecule has 3 N–H and O–H groups in total. The molecule has 0 saturated heterocycles. The molecule has 0 fully saturated rings. The molecule has 8 heteroatoms. The van der Waals surface area contributed by atoms with Crippen LogP contribution in [-0.4, -0.2) is 55.5 Å². The molecule has 2 aromatic carbocycles. The second-order valence-corrected chi connectivity index (χ2v) is 8.43. The fraction of sp³-hybridized carbons (Fsp3) is 0.400. The van der Waals surface area contributed by atoms with Crippen molar-refractivity contribution in [1.29, 1.82) is 0 Å². The minimum absolute atomic E-state index is 0.0755. The molecule has 1 aliphatic rings. The van der Waals surface area contributed by atoms with Gasteiger partial charge in [0.15, 0.2) is 0 Å². The van der Waals surface area contributed by atoms with Crippen LogP contribution in [0.1, 0.15) is 37.3 Å². The largest absolute Gasteiger partial charge is 0.481 e. The maximum Gasteiger partial charge on any atom is 0.407 e. The number of carbonyl (C=O) groups excluding carboxylic acids is 2. The Hall–Kier alpha value is -3.39. The molecule has 2 amide bonds. The topological polar surface area (TPSA) is 114 Å². The van der Waals surface area contributed by atoms with Gasteiger partial charge >= 0.3 is 12.1 Å². The number of alkyl carbamates (subject to hydrolysis) is 1. The molecule has 0 aliphatic heterocycles. The monoisotopic (exact) mass is 454 g/mol. The summed E-state index contributed by atoms with van der Waals surface area (Å²) in [7, 11) is 1.41. The van der Waals surface area contributed by atoms with Crippen LogP contribution in [0.15, 0.2) is 48.5 Å². The molecule has 33 heavy (non-hydrogen) atoms. The number of rotatable bonds is 10. The minimum atomic E-state index is -1.01. The van der Waals surface area contributed by atoms with Gasteiger partial charge < -0.3 is 25.2 Å². The molecule has 0 heterocycles. The van der Waals surface area contributed by atoms with E-state index >= 15 is 0 Å². The first-order valence-corrected chi connectivity index (χ1v) is 10.9. The van der Waals surface area contributed by atoms with Crippen molar-refractivity contribution in [3.8, 4) is 11.1 Å². The van der Waals surface area contributed by atoms with Crippen LogP contribution in [0.4, 0.5) is 4.79 Å². The Morgan fingerprint density at radius 2 is 1.55 bits per heavy atom. The van der Waals surface area contributed by atoms with Crippen LogP contribution in [0, 0.1) is 5.92 Å². The third-order valence-electron chi connectivity index (χ3n) is 5.81. The van der Waals surface area contributed by atoms with Crippen LogP contribution >= 0.6 is 0 Å². The molecule has 3 rings (SSSR count). The van der Waals surface area contributed by atoms with Crippen LogP contribution in [0.5, 0.6) is 0 Å². The number of ether oxygens (including phenoxy) is 2. The molecular formula is C25H30N2O6. The molecule has 176 valence electrons. The van der Waals surface area contributed by atoms with Gasteiger partial charge in [-0.2, -0.15) is 0 Å². The van der Waals surface area contributed by atoms with Gasteiger partial charge in [0.25, 0.3) is 0 Å². The fourth-order valence-electron chi connectivity index (χ4n) is 4.06. The number of carboxylic acid groups (broad SMARTS) is 1. The lowest BCUT2D eigenvalue weighted by Crippen LogP contribution is -2.53. The van der Waals surface area contributed by atoms with Gasteiger partial charge in [-0.1, -0.05) is 62.4 Å². The summed E-state index contributed by atoms with van der Waals surface area (Å²) in [6, 6.07) is 14.4. The van der Waals surface area contributed by atoms with Gasteiger partial charge in [0.05, 0.1) is 13.0 Å². The van der Waals surface area contributed by atoms with E-state index in [4.69, 9.17) is 14.6 Å². The third-order valence-corrected chi connectivity index (χ3v) is 5.81. The molecule has 8 nitrogen and oxygen atoms in total. The van der Waals surface area contributed by atoms with Crippen molar-refractivity contribution in [2.45, 2.75) is 38.3 Å². The quantitative estimate of drug-likeness (QED) is 0.508. The maximum atomic E-state index is 12.7. The number of fused-ring (bicyclic) bond motifs is 3. The Kier molecular flexibility index (Phi) is 8.06. The predicted molar refractivity (Wildman–Crippen MR) is 123 cm³/mol. The van der Waals surface area contributed by atoms with Crippen LogP contribution in [0.25, 0.3) is 11.1 Å². The predicted octanol–water partition coefficient (Wildman–Crippen LogP) is 3.16. The number of benzene rings is 2. The van der Waals surface area contributed by atoms with Gasteiger partial charge in [-0.3, -0.25) is 9.59 Å². The summed E-state index contributed by atoms with van der Waals surface area (Å²) in [6.07, 6.45) is -0.956. The van der Waals surface area contributed by atoms with Crippen molar-refractivity contribution in [2.24, 2.45) is 5.92 Å². The Bertz CT molecular complexity index is 960. The van der Waals surface area contributed by atoms with Crippen molar-refractivity contribution in [3.05, 3.63) is 59.7 Å². The van der Waals surface area contributed by atoms with Gasteiger partial charge in [-0.05, 0) is 28.2 Å². The van der Waals surface area contributed by atoms with Crippen LogP contribution in [0.3, 0.4) is 0 Å². The number of carboxylic acids is 1. The summed E-state index contributed by atoms with van der Waals surface area (Å²) in [5.41, 5.74) is 4.42. The Morgan fingerprint density at radius 1 is 0.970 bits per heavy atom. The highest BCUT2D eigenvalue weighted by Crippen LogP contribution is 2.44. The lowest BCUT2D eigenvalue weighted by molar-refractivity contribution is -0.138. The average Bonchev–Trinajstić information content (AvgIpc) is 3.10. The zero-order chi connectivity index (χ0) is 24.0. The number of aliphatic carboxylic acids is 1. The molecule has 0 aromatic heterocycles. The van der Waals surface area contributed by atoms with Crippen LogP contribution in [0.2, 0.25) is 0 Å². The van der Waals surface area contributed by atoms with E-state index in [1.165, 1.54) is 7.11 Å². The number of methoxy groups -OCH3 is 1. The van der Waals surface area contributed by atoms with E-state index in [0.717, 1.165) is 22.3 Å².